The molecule has 0 unspecified atom stereocenters. The lowest BCUT2D eigenvalue weighted by Gasteiger charge is -2.22. The molecule has 1 heterocycles. The summed E-state index contributed by atoms with van der Waals surface area (Å²) in [5, 5.41) is 4.86. The van der Waals surface area contributed by atoms with E-state index in [1.54, 1.807) is 46.7 Å². The van der Waals surface area contributed by atoms with Crippen LogP contribution in [0.4, 0.5) is 22.0 Å². The summed E-state index contributed by atoms with van der Waals surface area (Å²) in [5.41, 5.74) is 0.961. The van der Waals surface area contributed by atoms with Crippen molar-refractivity contribution in [1.29, 1.82) is 0 Å². The first-order chi connectivity index (χ1) is 17.7. The van der Waals surface area contributed by atoms with Gasteiger partial charge in [-0.1, -0.05) is 48.5 Å². The van der Waals surface area contributed by atoms with Gasteiger partial charge < -0.3 is 5.32 Å². The number of nitrogens with one attached hydrogen (secondary N) is 1. The molecule has 1 aromatic heterocycles. The normalized spacial score (nSPS) is 11.6. The maximum absolute atomic E-state index is 14.3. The van der Waals surface area contributed by atoms with Crippen molar-refractivity contribution in [2.24, 2.45) is 0 Å². The van der Waals surface area contributed by atoms with Gasteiger partial charge >= 0.3 is 6.18 Å². The molecule has 0 aliphatic heterocycles. The van der Waals surface area contributed by atoms with E-state index in [9.17, 15) is 26.7 Å². The second-order valence-corrected chi connectivity index (χ2v) is 9.31. The quantitative estimate of drug-likeness (QED) is 0.249. The van der Waals surface area contributed by atoms with Crippen molar-refractivity contribution in [2.75, 3.05) is 0 Å². The molecule has 0 radical (unpaired) electrons. The zero-order valence-corrected chi connectivity index (χ0v) is 20.3. The molecular formula is C27H22F5N3OS. The van der Waals surface area contributed by atoms with E-state index >= 15 is 0 Å². The van der Waals surface area contributed by atoms with Crippen LogP contribution in [0.2, 0.25) is 0 Å². The molecule has 0 spiro atoms. The van der Waals surface area contributed by atoms with Crippen molar-refractivity contribution >= 4 is 17.2 Å². The molecule has 0 aliphatic rings. The predicted molar refractivity (Wildman–Crippen MR) is 130 cm³/mol. The van der Waals surface area contributed by atoms with Crippen LogP contribution in [0, 0.1) is 11.6 Å². The Kier molecular flexibility index (Phi) is 8.30. The lowest BCUT2D eigenvalue weighted by molar-refractivity contribution is -0.137. The Morgan fingerprint density at radius 3 is 2.38 bits per heavy atom. The molecule has 0 atom stereocenters. The van der Waals surface area contributed by atoms with Gasteiger partial charge in [-0.3, -0.25) is 9.69 Å². The summed E-state index contributed by atoms with van der Waals surface area (Å²) in [7, 11) is 0. The highest BCUT2D eigenvalue weighted by Crippen LogP contribution is 2.30. The molecule has 0 fully saturated rings. The van der Waals surface area contributed by atoms with Crippen LogP contribution in [0.15, 0.2) is 78.2 Å². The van der Waals surface area contributed by atoms with Gasteiger partial charge in [-0.25, -0.2) is 13.8 Å². The second-order valence-electron chi connectivity index (χ2n) is 8.37. The van der Waals surface area contributed by atoms with Crippen LogP contribution in [0.3, 0.4) is 0 Å². The molecule has 192 valence electrons. The number of thiazole rings is 1. The number of hydrogen-bond acceptors (Lipinski definition) is 4. The zero-order valence-electron chi connectivity index (χ0n) is 19.4. The van der Waals surface area contributed by atoms with E-state index in [1.165, 1.54) is 35.6 Å². The van der Waals surface area contributed by atoms with Crippen LogP contribution in [-0.4, -0.2) is 15.8 Å². The number of alkyl halides is 3. The third-order valence-electron chi connectivity index (χ3n) is 5.52. The maximum atomic E-state index is 14.3. The van der Waals surface area contributed by atoms with Gasteiger partial charge in [0.25, 0.3) is 5.91 Å². The largest absolute Gasteiger partial charge is 0.416 e. The topological polar surface area (TPSA) is 45.2 Å². The van der Waals surface area contributed by atoms with E-state index in [-0.39, 0.29) is 37.7 Å². The molecule has 0 saturated carbocycles. The number of aromatic nitrogens is 1. The van der Waals surface area contributed by atoms with E-state index in [1.807, 2.05) is 0 Å². The van der Waals surface area contributed by atoms with E-state index in [0.717, 1.165) is 17.7 Å². The Labute approximate surface area is 214 Å². The number of amides is 1. The molecule has 4 aromatic rings. The number of nitrogens with zero attached hydrogens (tertiary/aromatic N) is 2. The monoisotopic (exact) mass is 531 g/mol. The summed E-state index contributed by atoms with van der Waals surface area (Å²) in [6.07, 6.45) is -4.47. The lowest BCUT2D eigenvalue weighted by Crippen LogP contribution is -2.24. The van der Waals surface area contributed by atoms with Gasteiger partial charge in [0.1, 0.15) is 22.3 Å². The van der Waals surface area contributed by atoms with Gasteiger partial charge in [0.15, 0.2) is 0 Å². The molecule has 1 amide bonds. The Bertz CT molecular complexity index is 1350. The standard InChI is InChI=1S/C27H22F5N3OS/c28-22-10-8-18(9-11-22)13-33-26(36)24-17-37-25(34-24)16-35(15-20-5-1-2-7-23(20)29)14-19-4-3-6-21(12-19)27(30,31)32/h1-12,17H,13-16H2,(H,33,36). The summed E-state index contributed by atoms with van der Waals surface area (Å²) in [5.74, 6) is -1.20. The highest BCUT2D eigenvalue weighted by Gasteiger charge is 2.30. The van der Waals surface area contributed by atoms with E-state index in [0.29, 0.717) is 16.1 Å². The number of rotatable bonds is 9. The first kappa shape index (κ1) is 26.4. The average Bonchev–Trinajstić information content (AvgIpc) is 3.33. The van der Waals surface area contributed by atoms with Crippen molar-refractivity contribution in [2.45, 2.75) is 32.4 Å². The van der Waals surface area contributed by atoms with Gasteiger partial charge in [0, 0.05) is 30.6 Å². The van der Waals surface area contributed by atoms with Crippen molar-refractivity contribution in [3.8, 4) is 0 Å². The number of carbonyl (C=O) groups is 1. The Morgan fingerprint density at radius 1 is 0.892 bits per heavy atom. The van der Waals surface area contributed by atoms with Crippen LogP contribution in [0.5, 0.6) is 0 Å². The number of halogens is 5. The SMILES string of the molecule is O=C(NCc1ccc(F)cc1)c1csc(CN(Cc2cccc(C(F)(F)F)c2)Cc2ccccc2F)n1. The van der Waals surface area contributed by atoms with Crippen LogP contribution in [0.25, 0.3) is 0 Å². The number of benzene rings is 3. The molecule has 10 heteroatoms. The molecular weight excluding hydrogens is 509 g/mol. The molecule has 37 heavy (non-hydrogen) atoms. The first-order valence-corrected chi connectivity index (χ1v) is 12.1. The molecule has 0 saturated heterocycles. The summed E-state index contributed by atoms with van der Waals surface area (Å²) in [4.78, 5) is 18.7. The van der Waals surface area contributed by atoms with Crippen LogP contribution >= 0.6 is 11.3 Å². The number of hydrogen-bond donors (Lipinski definition) is 1. The zero-order chi connectivity index (χ0) is 26.4. The minimum absolute atomic E-state index is 0.115. The van der Waals surface area contributed by atoms with Crippen molar-refractivity contribution in [1.82, 2.24) is 15.2 Å². The molecule has 0 aliphatic carbocycles. The minimum Gasteiger partial charge on any atom is -0.347 e. The van der Waals surface area contributed by atoms with Gasteiger partial charge in [0.05, 0.1) is 12.1 Å². The van der Waals surface area contributed by atoms with Crippen LogP contribution in [-0.2, 0) is 32.4 Å². The molecule has 3 aromatic carbocycles. The molecule has 4 rings (SSSR count). The number of carbonyl (C=O) groups excluding carboxylic acids is 1. The highest BCUT2D eigenvalue weighted by molar-refractivity contribution is 7.09. The van der Waals surface area contributed by atoms with E-state index in [2.05, 4.69) is 10.3 Å². The Hall–Kier alpha value is -3.63. The summed E-state index contributed by atoms with van der Waals surface area (Å²) < 4.78 is 67.0. The fourth-order valence-electron chi connectivity index (χ4n) is 3.69. The third kappa shape index (κ3) is 7.43. The summed E-state index contributed by atoms with van der Waals surface area (Å²) >= 11 is 1.23. The lowest BCUT2D eigenvalue weighted by atomic mass is 10.1. The van der Waals surface area contributed by atoms with Gasteiger partial charge in [-0.2, -0.15) is 13.2 Å². The van der Waals surface area contributed by atoms with Crippen LogP contribution < -0.4 is 5.32 Å². The average molecular weight is 532 g/mol. The Balaban J connectivity index is 1.48. The smallest absolute Gasteiger partial charge is 0.347 e. The second kappa shape index (κ2) is 11.6. The molecule has 0 bridgehead atoms. The first-order valence-electron chi connectivity index (χ1n) is 11.3. The van der Waals surface area contributed by atoms with Crippen molar-refractivity contribution in [3.63, 3.8) is 0 Å². The molecule has 4 nitrogen and oxygen atoms in total. The van der Waals surface area contributed by atoms with E-state index < -0.39 is 23.5 Å². The van der Waals surface area contributed by atoms with Crippen LogP contribution in [0.1, 0.15) is 37.7 Å². The van der Waals surface area contributed by atoms with Crippen molar-refractivity contribution < 1.29 is 26.7 Å². The predicted octanol–water partition coefficient (Wildman–Crippen LogP) is 6.57. The summed E-state index contributed by atoms with van der Waals surface area (Å²) in [6, 6.07) is 16.9. The van der Waals surface area contributed by atoms with Gasteiger partial charge in [-0.15, -0.1) is 11.3 Å². The van der Waals surface area contributed by atoms with Crippen molar-refractivity contribution in [3.05, 3.63) is 123 Å². The van der Waals surface area contributed by atoms with Gasteiger partial charge in [0.2, 0.25) is 0 Å². The maximum Gasteiger partial charge on any atom is 0.416 e. The minimum atomic E-state index is -4.47. The summed E-state index contributed by atoms with van der Waals surface area (Å²) in [6.45, 7) is 0.639. The highest BCUT2D eigenvalue weighted by atomic mass is 32.1. The fourth-order valence-corrected chi connectivity index (χ4v) is 4.51. The van der Waals surface area contributed by atoms with Gasteiger partial charge in [-0.05, 0) is 35.4 Å². The fraction of sp³-hybridized carbons (Fsp3) is 0.185. The van der Waals surface area contributed by atoms with E-state index in [4.69, 9.17) is 0 Å². The Morgan fingerprint density at radius 2 is 1.65 bits per heavy atom. The molecule has 1 N–H and O–H groups in total. The third-order valence-corrected chi connectivity index (χ3v) is 6.36.